The van der Waals surface area contributed by atoms with Gasteiger partial charge in [0, 0.05) is 26.1 Å². The quantitative estimate of drug-likeness (QED) is 0.635. The van der Waals surface area contributed by atoms with Crippen LogP contribution in [0.1, 0.15) is 6.42 Å². The monoisotopic (exact) mass is 213 g/mol. The Hall–Kier alpha value is -0.820. The summed E-state index contributed by atoms with van der Waals surface area (Å²) in [5.41, 5.74) is 9.95. The molecule has 0 aliphatic heterocycles. The van der Waals surface area contributed by atoms with Gasteiger partial charge in [0.25, 0.3) is 0 Å². The predicted molar refractivity (Wildman–Crippen MR) is 45.4 cm³/mol. The Bertz CT molecular complexity index is 184. The molecule has 14 heavy (non-hydrogen) atoms. The number of hydrogen-bond donors (Lipinski definition) is 2. The van der Waals surface area contributed by atoms with Gasteiger partial charge < -0.3 is 11.5 Å². The highest BCUT2D eigenvalue weighted by Gasteiger charge is 2.30. The molecule has 84 valence electrons. The molecular weight excluding hydrogens is 199 g/mol. The molecule has 0 aliphatic carbocycles. The van der Waals surface area contributed by atoms with Crippen LogP contribution in [-0.4, -0.2) is 43.2 Å². The SMILES string of the molecule is NCCN(CCC(N)=O)CC(F)(F)F. The molecule has 1 amide bonds. The van der Waals surface area contributed by atoms with Gasteiger partial charge in [0.1, 0.15) is 0 Å². The van der Waals surface area contributed by atoms with Crippen LogP contribution >= 0.6 is 0 Å². The average Bonchev–Trinajstić information content (AvgIpc) is 1.98. The standard InChI is InChI=1S/C7H14F3N3O/c8-7(9,10)5-13(4-2-11)3-1-6(12)14/h1-5,11H2,(H2,12,14). The Balaban J connectivity index is 3.95. The molecule has 0 spiro atoms. The van der Waals surface area contributed by atoms with Gasteiger partial charge in [-0.25, -0.2) is 0 Å². The van der Waals surface area contributed by atoms with Crippen LogP contribution in [0.4, 0.5) is 13.2 Å². The lowest BCUT2D eigenvalue weighted by Gasteiger charge is -2.22. The van der Waals surface area contributed by atoms with Crippen LogP contribution in [0.2, 0.25) is 0 Å². The number of hydrogen-bond acceptors (Lipinski definition) is 3. The molecule has 7 heteroatoms. The lowest BCUT2D eigenvalue weighted by Crippen LogP contribution is -2.39. The van der Waals surface area contributed by atoms with Crippen LogP contribution < -0.4 is 11.5 Å². The summed E-state index contributed by atoms with van der Waals surface area (Å²) in [4.78, 5) is 11.4. The minimum Gasteiger partial charge on any atom is -0.370 e. The molecule has 4 N–H and O–H groups in total. The van der Waals surface area contributed by atoms with E-state index in [9.17, 15) is 18.0 Å². The maximum atomic E-state index is 12.0. The van der Waals surface area contributed by atoms with Crippen molar-refractivity contribution in [2.24, 2.45) is 11.5 Å². The minimum absolute atomic E-state index is 0.00789. The van der Waals surface area contributed by atoms with Crippen LogP contribution in [0.3, 0.4) is 0 Å². The zero-order valence-corrected chi connectivity index (χ0v) is 7.68. The normalized spacial score (nSPS) is 12.1. The second-order valence-corrected chi connectivity index (χ2v) is 2.90. The average molecular weight is 213 g/mol. The summed E-state index contributed by atoms with van der Waals surface area (Å²) in [6.45, 7) is -0.842. The first-order valence-electron chi connectivity index (χ1n) is 4.12. The first kappa shape index (κ1) is 13.2. The molecule has 0 atom stereocenters. The van der Waals surface area contributed by atoms with E-state index in [1.54, 1.807) is 0 Å². The van der Waals surface area contributed by atoms with Crippen LogP contribution in [-0.2, 0) is 4.79 Å². The van der Waals surface area contributed by atoms with Crippen molar-refractivity contribution in [1.82, 2.24) is 4.90 Å². The molecular formula is C7H14F3N3O. The Morgan fingerprint density at radius 1 is 1.29 bits per heavy atom. The molecule has 0 fully saturated rings. The molecule has 0 radical (unpaired) electrons. The maximum absolute atomic E-state index is 12.0. The maximum Gasteiger partial charge on any atom is 0.401 e. The van der Waals surface area contributed by atoms with Gasteiger partial charge in [-0.1, -0.05) is 0 Å². The molecule has 0 aliphatic rings. The number of carbonyl (C=O) groups is 1. The smallest absolute Gasteiger partial charge is 0.370 e. The van der Waals surface area contributed by atoms with Crippen molar-refractivity contribution in [3.8, 4) is 0 Å². The van der Waals surface area contributed by atoms with E-state index in [0.717, 1.165) is 4.90 Å². The van der Waals surface area contributed by atoms with Crippen LogP contribution in [0.15, 0.2) is 0 Å². The van der Waals surface area contributed by atoms with E-state index >= 15 is 0 Å². The number of primary amides is 1. The third-order valence-electron chi connectivity index (χ3n) is 1.52. The predicted octanol–water partition coefficient (Wildman–Crippen LogP) is -0.315. The van der Waals surface area contributed by atoms with Crippen molar-refractivity contribution >= 4 is 5.91 Å². The van der Waals surface area contributed by atoms with Gasteiger partial charge in [-0.2, -0.15) is 13.2 Å². The molecule has 0 heterocycles. The van der Waals surface area contributed by atoms with Crippen LogP contribution in [0.5, 0.6) is 0 Å². The Morgan fingerprint density at radius 3 is 2.21 bits per heavy atom. The summed E-state index contributed by atoms with van der Waals surface area (Å²) in [6.07, 6.45) is -4.36. The highest BCUT2D eigenvalue weighted by atomic mass is 19.4. The molecule has 0 unspecified atom stereocenters. The van der Waals surface area contributed by atoms with E-state index in [4.69, 9.17) is 11.5 Å². The largest absolute Gasteiger partial charge is 0.401 e. The van der Waals surface area contributed by atoms with E-state index in [0.29, 0.717) is 0 Å². The van der Waals surface area contributed by atoms with Gasteiger partial charge >= 0.3 is 6.18 Å². The summed E-state index contributed by atoms with van der Waals surface area (Å²) in [5, 5.41) is 0. The summed E-state index contributed by atoms with van der Waals surface area (Å²) in [6, 6.07) is 0. The van der Waals surface area contributed by atoms with Gasteiger partial charge in [0.2, 0.25) is 5.91 Å². The highest BCUT2D eigenvalue weighted by molar-refractivity contribution is 5.73. The van der Waals surface area contributed by atoms with E-state index in [-0.39, 0.29) is 26.1 Å². The van der Waals surface area contributed by atoms with Crippen LogP contribution in [0.25, 0.3) is 0 Å². The summed E-state index contributed by atoms with van der Waals surface area (Å²) >= 11 is 0. The van der Waals surface area contributed by atoms with Crippen molar-refractivity contribution in [3.05, 3.63) is 0 Å². The van der Waals surface area contributed by atoms with Gasteiger partial charge in [-0.05, 0) is 0 Å². The fourth-order valence-electron chi connectivity index (χ4n) is 0.974. The van der Waals surface area contributed by atoms with E-state index in [1.807, 2.05) is 0 Å². The van der Waals surface area contributed by atoms with Gasteiger partial charge in [0.05, 0.1) is 6.54 Å². The van der Waals surface area contributed by atoms with Gasteiger partial charge in [-0.3, -0.25) is 9.69 Å². The molecule has 0 aromatic carbocycles. The molecule has 0 aromatic heterocycles. The minimum atomic E-state index is -4.27. The second kappa shape index (κ2) is 5.82. The van der Waals surface area contributed by atoms with Crippen molar-refractivity contribution in [1.29, 1.82) is 0 Å². The summed E-state index contributed by atoms with van der Waals surface area (Å²) in [7, 11) is 0. The number of carbonyl (C=O) groups excluding carboxylic acids is 1. The number of nitrogens with zero attached hydrogens (tertiary/aromatic N) is 1. The van der Waals surface area contributed by atoms with Crippen molar-refractivity contribution in [2.45, 2.75) is 12.6 Å². The lowest BCUT2D eigenvalue weighted by molar-refractivity contribution is -0.146. The van der Waals surface area contributed by atoms with E-state index in [1.165, 1.54) is 0 Å². The molecule has 0 bridgehead atoms. The van der Waals surface area contributed by atoms with Gasteiger partial charge in [0.15, 0.2) is 0 Å². The third-order valence-corrected chi connectivity index (χ3v) is 1.52. The Morgan fingerprint density at radius 2 is 1.86 bits per heavy atom. The topological polar surface area (TPSA) is 72.3 Å². The zero-order valence-electron chi connectivity index (χ0n) is 7.68. The van der Waals surface area contributed by atoms with Gasteiger partial charge in [-0.15, -0.1) is 0 Å². The number of rotatable bonds is 6. The zero-order chi connectivity index (χ0) is 11.2. The first-order valence-corrected chi connectivity index (χ1v) is 4.12. The van der Waals surface area contributed by atoms with Crippen molar-refractivity contribution < 1.29 is 18.0 Å². The summed E-state index contributed by atoms with van der Waals surface area (Å²) < 4.78 is 35.9. The molecule has 0 aromatic rings. The molecule has 0 rings (SSSR count). The van der Waals surface area contributed by atoms with E-state index in [2.05, 4.69) is 0 Å². The Labute approximate surface area is 80.0 Å². The first-order chi connectivity index (χ1) is 6.35. The number of halogens is 3. The summed E-state index contributed by atoms with van der Waals surface area (Å²) in [5.74, 6) is -0.616. The fourth-order valence-corrected chi connectivity index (χ4v) is 0.974. The van der Waals surface area contributed by atoms with E-state index < -0.39 is 18.6 Å². The molecule has 0 saturated heterocycles. The Kier molecular flexibility index (Phi) is 5.47. The molecule has 0 saturated carbocycles. The number of amides is 1. The number of nitrogens with two attached hydrogens (primary N) is 2. The third kappa shape index (κ3) is 7.81. The fraction of sp³-hybridized carbons (Fsp3) is 0.857. The highest BCUT2D eigenvalue weighted by Crippen LogP contribution is 2.16. The van der Waals surface area contributed by atoms with Crippen molar-refractivity contribution in [3.63, 3.8) is 0 Å². The number of alkyl halides is 3. The van der Waals surface area contributed by atoms with Crippen LogP contribution in [0, 0.1) is 0 Å². The molecule has 4 nitrogen and oxygen atoms in total. The second-order valence-electron chi connectivity index (χ2n) is 2.90. The lowest BCUT2D eigenvalue weighted by atomic mass is 10.3. The van der Waals surface area contributed by atoms with Crippen molar-refractivity contribution in [2.75, 3.05) is 26.2 Å².